The van der Waals surface area contributed by atoms with Crippen LogP contribution in [0, 0.1) is 13.8 Å². The van der Waals surface area contributed by atoms with Gasteiger partial charge in [0.25, 0.3) is 0 Å². The number of anilines is 1. The lowest BCUT2D eigenvalue weighted by Crippen LogP contribution is -2.30. The van der Waals surface area contributed by atoms with Crippen LogP contribution in [-0.4, -0.2) is 32.6 Å². The average Bonchev–Trinajstić information content (AvgIpc) is 3.30. The third kappa shape index (κ3) is 3.68. The standard InChI is InChI=1S/C23H21ClN4O2S/c1-12-9-18-22(21(16(12)10-20(29)30)14-3-5-15(24)6-4-14)31-23(27-18)28-8-7-17-19(11-28)26-13(2)25-17/h3-6,9H,7-8,10-11H2,1-2H3,(H,25,26)(H,29,30). The maximum atomic E-state index is 11.6. The smallest absolute Gasteiger partial charge is 0.307 e. The fourth-order valence-corrected chi connectivity index (χ4v) is 5.55. The maximum absolute atomic E-state index is 11.6. The molecular weight excluding hydrogens is 432 g/mol. The third-order valence-corrected chi connectivity index (χ3v) is 7.08. The molecule has 0 aliphatic carbocycles. The summed E-state index contributed by atoms with van der Waals surface area (Å²) in [4.78, 5) is 26.7. The van der Waals surface area contributed by atoms with Crippen molar-refractivity contribution in [1.82, 2.24) is 15.0 Å². The summed E-state index contributed by atoms with van der Waals surface area (Å²) in [6.07, 6.45) is 0.844. The number of aromatic amines is 1. The van der Waals surface area contributed by atoms with E-state index >= 15 is 0 Å². The van der Waals surface area contributed by atoms with Crippen molar-refractivity contribution in [3.63, 3.8) is 0 Å². The minimum atomic E-state index is -0.847. The molecule has 8 heteroatoms. The summed E-state index contributed by atoms with van der Waals surface area (Å²) in [6, 6.07) is 9.57. The predicted octanol–water partition coefficient (Wildman–Crippen LogP) is 5.15. The number of fused-ring (bicyclic) bond motifs is 2. The first kappa shape index (κ1) is 20.0. The van der Waals surface area contributed by atoms with Crippen LogP contribution < -0.4 is 4.90 Å². The minimum absolute atomic E-state index is 0.0343. The van der Waals surface area contributed by atoms with Gasteiger partial charge in [0.1, 0.15) is 5.82 Å². The topological polar surface area (TPSA) is 82.1 Å². The van der Waals surface area contributed by atoms with Crippen LogP contribution in [0.1, 0.15) is 28.3 Å². The molecule has 3 heterocycles. The number of nitrogens with zero attached hydrogens (tertiary/aromatic N) is 3. The summed E-state index contributed by atoms with van der Waals surface area (Å²) < 4.78 is 1.01. The second-order valence-electron chi connectivity index (χ2n) is 7.89. The van der Waals surface area contributed by atoms with Crippen molar-refractivity contribution in [2.24, 2.45) is 0 Å². The molecule has 158 valence electrons. The first-order chi connectivity index (χ1) is 14.9. The molecule has 1 aliphatic rings. The van der Waals surface area contributed by atoms with Crippen LogP contribution in [0.25, 0.3) is 21.3 Å². The Morgan fingerprint density at radius 2 is 2.03 bits per heavy atom. The zero-order chi connectivity index (χ0) is 21.7. The number of thiazole rings is 1. The highest BCUT2D eigenvalue weighted by molar-refractivity contribution is 7.22. The quantitative estimate of drug-likeness (QED) is 0.447. The van der Waals surface area contributed by atoms with Crippen LogP contribution in [0.4, 0.5) is 5.13 Å². The average molecular weight is 453 g/mol. The Kier molecular flexibility index (Phi) is 4.95. The highest BCUT2D eigenvalue weighted by atomic mass is 35.5. The van der Waals surface area contributed by atoms with Gasteiger partial charge in [-0.15, -0.1) is 0 Å². The fourth-order valence-electron chi connectivity index (χ4n) is 4.26. The van der Waals surface area contributed by atoms with E-state index in [-0.39, 0.29) is 6.42 Å². The Labute approximate surface area is 188 Å². The number of H-pyrrole nitrogens is 1. The fraction of sp³-hybridized carbons (Fsp3) is 0.261. The molecule has 0 spiro atoms. The van der Waals surface area contributed by atoms with E-state index in [2.05, 4.69) is 14.9 Å². The molecule has 0 saturated heterocycles. The number of carboxylic acids is 1. The minimum Gasteiger partial charge on any atom is -0.481 e. The van der Waals surface area contributed by atoms with Gasteiger partial charge in [0.05, 0.1) is 34.6 Å². The molecule has 0 saturated carbocycles. The van der Waals surface area contributed by atoms with Crippen LogP contribution in [0.5, 0.6) is 0 Å². The molecule has 4 aromatic rings. The van der Waals surface area contributed by atoms with E-state index < -0.39 is 5.97 Å². The second-order valence-corrected chi connectivity index (χ2v) is 9.30. The van der Waals surface area contributed by atoms with Crippen molar-refractivity contribution >= 4 is 44.3 Å². The number of imidazole rings is 1. The summed E-state index contributed by atoms with van der Waals surface area (Å²) in [5, 5.41) is 11.1. The number of hydrogen-bond donors (Lipinski definition) is 2. The van der Waals surface area contributed by atoms with Crippen molar-refractivity contribution in [2.75, 3.05) is 11.4 Å². The number of halogens is 1. The number of aliphatic carboxylic acids is 1. The molecular formula is C23H21ClN4O2S. The van der Waals surface area contributed by atoms with Crippen LogP contribution in [-0.2, 0) is 24.2 Å². The molecule has 1 aliphatic heterocycles. The van der Waals surface area contributed by atoms with Gasteiger partial charge in [0, 0.05) is 23.6 Å². The molecule has 31 heavy (non-hydrogen) atoms. The summed E-state index contributed by atoms with van der Waals surface area (Å²) in [7, 11) is 0. The van der Waals surface area contributed by atoms with Gasteiger partial charge in [-0.3, -0.25) is 4.79 Å². The van der Waals surface area contributed by atoms with Gasteiger partial charge in [-0.2, -0.15) is 0 Å². The number of aryl methyl sites for hydroxylation is 2. The van der Waals surface area contributed by atoms with Crippen molar-refractivity contribution in [1.29, 1.82) is 0 Å². The predicted molar refractivity (Wildman–Crippen MR) is 124 cm³/mol. The molecule has 0 unspecified atom stereocenters. The van der Waals surface area contributed by atoms with Gasteiger partial charge in [-0.1, -0.05) is 35.1 Å². The lowest BCUT2D eigenvalue weighted by atomic mass is 9.93. The Balaban J connectivity index is 1.65. The highest BCUT2D eigenvalue weighted by Gasteiger charge is 2.24. The number of rotatable bonds is 4. The van der Waals surface area contributed by atoms with Gasteiger partial charge in [0.2, 0.25) is 0 Å². The molecule has 6 nitrogen and oxygen atoms in total. The first-order valence-corrected chi connectivity index (χ1v) is 11.3. The third-order valence-electron chi connectivity index (χ3n) is 5.68. The normalized spacial score (nSPS) is 13.6. The zero-order valence-corrected chi connectivity index (χ0v) is 18.8. The molecule has 5 rings (SSSR count). The van der Waals surface area contributed by atoms with Crippen LogP contribution in [0.2, 0.25) is 5.02 Å². The van der Waals surface area contributed by atoms with Crippen molar-refractivity contribution in [3.8, 4) is 11.1 Å². The molecule has 2 aromatic carbocycles. The number of aromatic nitrogens is 3. The van der Waals surface area contributed by atoms with Gasteiger partial charge in [-0.05, 0) is 48.7 Å². The van der Waals surface area contributed by atoms with E-state index in [4.69, 9.17) is 16.6 Å². The monoisotopic (exact) mass is 452 g/mol. The number of nitrogens with one attached hydrogen (secondary N) is 1. The Morgan fingerprint density at radius 3 is 2.77 bits per heavy atom. The highest BCUT2D eigenvalue weighted by Crippen LogP contribution is 2.41. The van der Waals surface area contributed by atoms with Crippen LogP contribution in [0.15, 0.2) is 30.3 Å². The number of benzene rings is 2. The Bertz CT molecular complexity index is 1310. The first-order valence-electron chi connectivity index (χ1n) is 10.1. The summed E-state index contributed by atoms with van der Waals surface area (Å²) in [6.45, 7) is 5.53. The van der Waals surface area contributed by atoms with Crippen LogP contribution in [0.3, 0.4) is 0 Å². The summed E-state index contributed by atoms with van der Waals surface area (Å²) >= 11 is 7.72. The SMILES string of the molecule is Cc1nc2c([nH]1)CN(c1nc3cc(C)c(CC(=O)O)c(-c4ccc(Cl)cc4)c3s1)CC2. The van der Waals surface area contributed by atoms with E-state index in [0.29, 0.717) is 5.02 Å². The molecule has 0 atom stereocenters. The maximum Gasteiger partial charge on any atom is 0.307 e. The molecule has 0 amide bonds. The molecule has 0 radical (unpaired) electrons. The van der Waals surface area contributed by atoms with Gasteiger partial charge in [-0.25, -0.2) is 9.97 Å². The van der Waals surface area contributed by atoms with E-state index in [1.54, 1.807) is 11.3 Å². The van der Waals surface area contributed by atoms with Crippen molar-refractivity contribution < 1.29 is 9.90 Å². The largest absolute Gasteiger partial charge is 0.481 e. The second kappa shape index (κ2) is 7.66. The van der Waals surface area contributed by atoms with Crippen molar-refractivity contribution in [2.45, 2.75) is 33.2 Å². The Morgan fingerprint density at radius 1 is 1.26 bits per heavy atom. The molecule has 2 N–H and O–H groups in total. The molecule has 0 bridgehead atoms. The van der Waals surface area contributed by atoms with Crippen LogP contribution >= 0.6 is 22.9 Å². The lowest BCUT2D eigenvalue weighted by Gasteiger charge is -2.25. The van der Waals surface area contributed by atoms with Crippen molar-refractivity contribution in [3.05, 3.63) is 63.7 Å². The van der Waals surface area contributed by atoms with E-state index in [1.165, 1.54) is 0 Å². The number of carboxylic acid groups (broad SMARTS) is 1. The van der Waals surface area contributed by atoms with E-state index in [9.17, 15) is 9.90 Å². The van der Waals surface area contributed by atoms with Gasteiger partial charge < -0.3 is 15.0 Å². The number of hydrogen-bond acceptors (Lipinski definition) is 5. The van der Waals surface area contributed by atoms with E-state index in [0.717, 1.165) is 74.3 Å². The summed E-state index contributed by atoms with van der Waals surface area (Å²) in [5.74, 6) is 0.0932. The van der Waals surface area contributed by atoms with Gasteiger partial charge >= 0.3 is 5.97 Å². The number of carbonyl (C=O) groups is 1. The molecule has 2 aromatic heterocycles. The summed E-state index contributed by atoms with van der Waals surface area (Å²) in [5.41, 5.74) is 6.81. The Hall–Kier alpha value is -2.90. The molecule has 0 fully saturated rings. The van der Waals surface area contributed by atoms with Gasteiger partial charge in [0.15, 0.2) is 5.13 Å². The zero-order valence-electron chi connectivity index (χ0n) is 17.2. The lowest BCUT2D eigenvalue weighted by molar-refractivity contribution is -0.136. The van der Waals surface area contributed by atoms with E-state index in [1.807, 2.05) is 44.2 Å².